The van der Waals surface area contributed by atoms with Crippen molar-refractivity contribution in [2.75, 3.05) is 66.3 Å². The largest absolute Gasteiger partial charge is 0.494 e. The van der Waals surface area contributed by atoms with E-state index in [2.05, 4.69) is 30.8 Å². The van der Waals surface area contributed by atoms with Gasteiger partial charge in [0.15, 0.2) is 15.7 Å². The summed E-state index contributed by atoms with van der Waals surface area (Å²) in [5, 5.41) is 8.77. The van der Waals surface area contributed by atoms with Crippen molar-refractivity contribution < 1.29 is 27.4 Å². The van der Waals surface area contributed by atoms with E-state index in [4.69, 9.17) is 31.5 Å². The van der Waals surface area contributed by atoms with Crippen molar-refractivity contribution in [1.82, 2.24) is 9.97 Å². The molecule has 0 atom stereocenters. The number of carbonyl (C=O) groups excluding carboxylic acids is 1. The molecule has 3 aromatic rings. The van der Waals surface area contributed by atoms with Crippen LogP contribution in [0.5, 0.6) is 5.75 Å². The van der Waals surface area contributed by atoms with Gasteiger partial charge in [0.05, 0.1) is 54.2 Å². The molecular formula is C27H34ClN7O6S. The molecule has 226 valence electrons. The molecule has 0 radical (unpaired) electrons. The number of ether oxygens (including phenoxy) is 3. The first-order valence-electron chi connectivity index (χ1n) is 12.9. The van der Waals surface area contributed by atoms with Crippen LogP contribution in [0.15, 0.2) is 41.4 Å². The Labute approximate surface area is 249 Å². The Kier molecular flexibility index (Phi) is 9.18. The van der Waals surface area contributed by atoms with Crippen LogP contribution < -0.4 is 31.3 Å². The van der Waals surface area contributed by atoms with Crippen LogP contribution in [0.2, 0.25) is 5.02 Å². The summed E-state index contributed by atoms with van der Waals surface area (Å²) in [6.07, 6.45) is 1.74. The van der Waals surface area contributed by atoms with Crippen LogP contribution >= 0.6 is 11.6 Å². The van der Waals surface area contributed by atoms with Gasteiger partial charge in [-0.25, -0.2) is 18.2 Å². The smallest absolute Gasteiger partial charge is 0.412 e. The van der Waals surface area contributed by atoms with Gasteiger partial charge >= 0.3 is 6.09 Å². The van der Waals surface area contributed by atoms with Gasteiger partial charge < -0.3 is 35.5 Å². The normalized spacial score (nSPS) is 13.8. The van der Waals surface area contributed by atoms with Crippen molar-refractivity contribution >= 4 is 67.7 Å². The summed E-state index contributed by atoms with van der Waals surface area (Å²) in [6, 6.07) is 7.82. The van der Waals surface area contributed by atoms with Crippen LogP contribution in [-0.4, -0.2) is 69.7 Å². The van der Waals surface area contributed by atoms with E-state index in [1.807, 2.05) is 6.07 Å². The molecule has 1 amide bonds. The average Bonchev–Trinajstić information content (AvgIpc) is 2.89. The number of halogens is 1. The fraction of sp³-hybridized carbons (Fsp3) is 0.370. The minimum absolute atomic E-state index is 0.0328. The summed E-state index contributed by atoms with van der Waals surface area (Å²) in [4.78, 5) is 23.1. The first-order chi connectivity index (χ1) is 19.7. The third-order valence-electron chi connectivity index (χ3n) is 5.97. The topological polar surface area (TPSA) is 170 Å². The Morgan fingerprint density at radius 3 is 2.48 bits per heavy atom. The van der Waals surface area contributed by atoms with E-state index in [9.17, 15) is 13.2 Å². The number of nitrogens with two attached hydrogens (primary N) is 1. The maximum atomic E-state index is 12.5. The second-order valence-corrected chi connectivity index (χ2v) is 12.9. The summed E-state index contributed by atoms with van der Waals surface area (Å²) in [6.45, 7) is 7.83. The third kappa shape index (κ3) is 7.84. The molecule has 1 saturated heterocycles. The maximum absolute atomic E-state index is 12.5. The van der Waals surface area contributed by atoms with Crippen molar-refractivity contribution in [2.45, 2.75) is 31.3 Å². The Hall–Kier alpha value is -4.01. The monoisotopic (exact) mass is 619 g/mol. The quantitative estimate of drug-likeness (QED) is 0.254. The number of sulfone groups is 1. The van der Waals surface area contributed by atoms with Crippen LogP contribution in [-0.2, 0) is 19.3 Å². The third-order valence-corrected chi connectivity index (χ3v) is 7.40. The fourth-order valence-corrected chi connectivity index (χ4v) is 5.11. The molecule has 2 aromatic carbocycles. The second-order valence-electron chi connectivity index (χ2n) is 10.5. The van der Waals surface area contributed by atoms with Crippen LogP contribution in [0.1, 0.15) is 20.8 Å². The molecule has 1 aliphatic heterocycles. The van der Waals surface area contributed by atoms with Gasteiger partial charge in [-0.15, -0.1) is 0 Å². The summed E-state index contributed by atoms with van der Waals surface area (Å²) in [5.41, 5.74) is 7.96. The standard InChI is InChI=1S/C27H34ClN7O6S/c1-27(2,3)41-26(36)31-16-6-7-23(42(5,37)38)20(12-16)32-24-17(28)15-30-25(34-24)33-19-13-18(29)21(14-22(19)39-4)35-8-10-40-11-9-35/h6-7,12-15H,8-11,29H2,1-5H3,(H,31,36)(H2,30,32,33,34). The number of nitrogens with one attached hydrogen (secondary N) is 3. The SMILES string of the molecule is COc1cc(N2CCOCC2)c(N)cc1Nc1ncc(Cl)c(Nc2cc(NC(=O)OC(C)(C)C)ccc2S(C)(=O)=O)n1. The number of morpholine rings is 1. The average molecular weight is 620 g/mol. The lowest BCUT2D eigenvalue weighted by Crippen LogP contribution is -2.36. The molecule has 15 heteroatoms. The molecule has 0 saturated carbocycles. The summed E-state index contributed by atoms with van der Waals surface area (Å²) >= 11 is 6.39. The molecular weight excluding hydrogens is 586 g/mol. The fourth-order valence-electron chi connectivity index (χ4n) is 4.14. The highest BCUT2D eigenvalue weighted by Gasteiger charge is 2.21. The minimum Gasteiger partial charge on any atom is -0.494 e. The van der Waals surface area contributed by atoms with Crippen LogP contribution in [0.25, 0.3) is 0 Å². The molecule has 0 unspecified atom stereocenters. The molecule has 1 fully saturated rings. The van der Waals surface area contributed by atoms with Crippen molar-refractivity contribution in [2.24, 2.45) is 0 Å². The number of benzene rings is 2. The van der Waals surface area contributed by atoms with E-state index < -0.39 is 21.5 Å². The highest BCUT2D eigenvalue weighted by molar-refractivity contribution is 7.90. The predicted octanol–water partition coefficient (Wildman–Crippen LogP) is 4.80. The summed E-state index contributed by atoms with van der Waals surface area (Å²) < 4.78 is 41.4. The van der Waals surface area contributed by atoms with E-state index in [1.165, 1.54) is 24.4 Å². The van der Waals surface area contributed by atoms with Crippen LogP contribution in [0.3, 0.4) is 0 Å². The summed E-state index contributed by atoms with van der Waals surface area (Å²) in [5.74, 6) is 0.770. The second kappa shape index (κ2) is 12.5. The number of methoxy groups -OCH3 is 1. The van der Waals surface area contributed by atoms with Crippen LogP contribution in [0, 0.1) is 0 Å². The van der Waals surface area contributed by atoms with Gasteiger partial charge in [0, 0.05) is 31.1 Å². The Morgan fingerprint density at radius 2 is 1.83 bits per heavy atom. The number of amides is 1. The zero-order valence-electron chi connectivity index (χ0n) is 23.9. The number of anilines is 7. The Bertz CT molecular complexity index is 1570. The van der Waals surface area contributed by atoms with E-state index in [0.29, 0.717) is 49.1 Å². The lowest BCUT2D eigenvalue weighted by molar-refractivity contribution is 0.0636. The lowest BCUT2D eigenvalue weighted by atomic mass is 10.2. The van der Waals surface area contributed by atoms with Crippen molar-refractivity contribution in [1.29, 1.82) is 0 Å². The molecule has 1 aromatic heterocycles. The zero-order chi connectivity index (χ0) is 30.7. The number of aromatic nitrogens is 2. The number of hydrogen-bond donors (Lipinski definition) is 4. The van der Waals surface area contributed by atoms with Gasteiger partial charge in [-0.3, -0.25) is 5.32 Å². The zero-order valence-corrected chi connectivity index (χ0v) is 25.5. The first-order valence-corrected chi connectivity index (χ1v) is 15.2. The molecule has 13 nitrogen and oxygen atoms in total. The lowest BCUT2D eigenvalue weighted by Gasteiger charge is -2.30. The first kappa shape index (κ1) is 30.9. The molecule has 5 N–H and O–H groups in total. The highest BCUT2D eigenvalue weighted by atomic mass is 35.5. The molecule has 4 rings (SSSR count). The maximum Gasteiger partial charge on any atom is 0.412 e. The Morgan fingerprint density at radius 1 is 1.12 bits per heavy atom. The molecule has 2 heterocycles. The molecule has 0 aliphatic carbocycles. The predicted molar refractivity (Wildman–Crippen MR) is 163 cm³/mol. The van der Waals surface area contributed by atoms with Gasteiger partial charge in [-0.05, 0) is 45.0 Å². The van der Waals surface area contributed by atoms with Gasteiger partial charge in [0.1, 0.15) is 16.4 Å². The number of hydrogen-bond acceptors (Lipinski definition) is 12. The van der Waals surface area contributed by atoms with E-state index in [-0.39, 0.29) is 27.4 Å². The highest BCUT2D eigenvalue weighted by Crippen LogP contribution is 2.37. The molecule has 42 heavy (non-hydrogen) atoms. The van der Waals surface area contributed by atoms with Gasteiger partial charge in [0.25, 0.3) is 0 Å². The van der Waals surface area contributed by atoms with Gasteiger partial charge in [0.2, 0.25) is 5.95 Å². The molecule has 0 spiro atoms. The van der Waals surface area contributed by atoms with Gasteiger partial charge in [-0.2, -0.15) is 4.98 Å². The van der Waals surface area contributed by atoms with E-state index >= 15 is 0 Å². The molecule has 1 aliphatic rings. The van der Waals surface area contributed by atoms with Gasteiger partial charge in [-0.1, -0.05) is 11.6 Å². The molecule has 0 bridgehead atoms. The van der Waals surface area contributed by atoms with E-state index in [0.717, 1.165) is 11.9 Å². The van der Waals surface area contributed by atoms with Crippen molar-refractivity contribution in [3.8, 4) is 5.75 Å². The van der Waals surface area contributed by atoms with Crippen molar-refractivity contribution in [3.63, 3.8) is 0 Å². The number of nitrogens with zero attached hydrogens (tertiary/aromatic N) is 3. The van der Waals surface area contributed by atoms with Crippen molar-refractivity contribution in [3.05, 3.63) is 41.6 Å². The summed E-state index contributed by atoms with van der Waals surface area (Å²) in [7, 11) is -2.14. The Balaban J connectivity index is 1.62. The van der Waals surface area contributed by atoms with E-state index in [1.54, 1.807) is 33.9 Å². The number of rotatable bonds is 8. The van der Waals surface area contributed by atoms with Crippen LogP contribution in [0.4, 0.5) is 45.0 Å². The number of carbonyl (C=O) groups is 1. The minimum atomic E-state index is -3.68. The number of nitrogen functional groups attached to an aromatic ring is 1.